The van der Waals surface area contributed by atoms with Crippen LogP contribution < -0.4 is 5.32 Å². The van der Waals surface area contributed by atoms with Gasteiger partial charge in [-0.05, 0) is 50.9 Å². The molecule has 0 saturated heterocycles. The molecule has 0 amide bonds. The average Bonchev–Trinajstić information content (AvgIpc) is 2.69. The van der Waals surface area contributed by atoms with Gasteiger partial charge in [-0.3, -0.25) is 0 Å². The summed E-state index contributed by atoms with van der Waals surface area (Å²) in [7, 11) is 0. The highest BCUT2D eigenvalue weighted by Gasteiger charge is 2.18. The summed E-state index contributed by atoms with van der Waals surface area (Å²) in [5.74, 6) is 0. The minimum atomic E-state index is 0.260. The smallest absolute Gasteiger partial charge is 0.0900 e. The molecule has 3 heteroatoms. The van der Waals surface area contributed by atoms with Crippen LogP contribution in [0, 0.1) is 27.7 Å². The van der Waals surface area contributed by atoms with E-state index in [1.165, 1.54) is 21.6 Å². The van der Waals surface area contributed by atoms with Crippen molar-refractivity contribution in [3.8, 4) is 0 Å². The van der Waals surface area contributed by atoms with Crippen LogP contribution >= 0.6 is 11.3 Å². The number of nitrogens with zero attached hydrogens (tertiary/aromatic N) is 1. The number of hydrogen-bond acceptors (Lipinski definition) is 3. The molecular weight excluding hydrogens is 252 g/mol. The van der Waals surface area contributed by atoms with Crippen molar-refractivity contribution in [2.45, 2.75) is 40.7 Å². The van der Waals surface area contributed by atoms with Crippen molar-refractivity contribution in [1.82, 2.24) is 10.3 Å². The molecule has 19 heavy (non-hydrogen) atoms. The van der Waals surface area contributed by atoms with Gasteiger partial charge in [0.15, 0.2) is 0 Å². The lowest BCUT2D eigenvalue weighted by Gasteiger charge is -2.18. The van der Waals surface area contributed by atoms with Gasteiger partial charge in [-0.2, -0.15) is 0 Å². The SMILES string of the molecule is CCNC(c1ccc(C)c(C)c1)c1sc(C)nc1C. The van der Waals surface area contributed by atoms with E-state index in [9.17, 15) is 0 Å². The fourth-order valence-electron chi connectivity index (χ4n) is 2.33. The van der Waals surface area contributed by atoms with Gasteiger partial charge in [-0.15, -0.1) is 11.3 Å². The molecule has 0 aliphatic rings. The lowest BCUT2D eigenvalue weighted by Crippen LogP contribution is -2.22. The van der Waals surface area contributed by atoms with Crippen LogP contribution in [0.5, 0.6) is 0 Å². The maximum absolute atomic E-state index is 4.56. The summed E-state index contributed by atoms with van der Waals surface area (Å²) in [5.41, 5.74) is 5.17. The molecule has 0 aliphatic carbocycles. The number of rotatable bonds is 4. The molecule has 2 nitrogen and oxygen atoms in total. The number of aryl methyl sites for hydroxylation is 4. The van der Waals surface area contributed by atoms with Gasteiger partial charge in [0.05, 0.1) is 16.7 Å². The van der Waals surface area contributed by atoms with Gasteiger partial charge in [0.2, 0.25) is 0 Å². The van der Waals surface area contributed by atoms with E-state index >= 15 is 0 Å². The Bertz CT molecular complexity index is 572. The zero-order valence-electron chi connectivity index (χ0n) is 12.4. The lowest BCUT2D eigenvalue weighted by molar-refractivity contribution is 0.635. The molecule has 1 unspecified atom stereocenters. The molecule has 1 aromatic heterocycles. The van der Waals surface area contributed by atoms with Gasteiger partial charge < -0.3 is 5.32 Å². The van der Waals surface area contributed by atoms with Gasteiger partial charge in [0.25, 0.3) is 0 Å². The highest BCUT2D eigenvalue weighted by atomic mass is 32.1. The molecule has 1 atom stereocenters. The van der Waals surface area contributed by atoms with Gasteiger partial charge in [-0.1, -0.05) is 25.1 Å². The summed E-state index contributed by atoms with van der Waals surface area (Å²) in [6, 6.07) is 6.98. The summed E-state index contributed by atoms with van der Waals surface area (Å²) in [6.07, 6.45) is 0. The minimum absolute atomic E-state index is 0.260. The number of hydrogen-bond donors (Lipinski definition) is 1. The Morgan fingerprint density at radius 2 is 1.89 bits per heavy atom. The monoisotopic (exact) mass is 274 g/mol. The van der Waals surface area contributed by atoms with E-state index in [0.717, 1.165) is 17.2 Å². The third-order valence-corrected chi connectivity index (χ3v) is 4.61. The summed E-state index contributed by atoms with van der Waals surface area (Å²) in [6.45, 7) is 11.6. The van der Waals surface area contributed by atoms with Crippen molar-refractivity contribution in [2.75, 3.05) is 6.54 Å². The summed E-state index contributed by atoms with van der Waals surface area (Å²) < 4.78 is 0. The van der Waals surface area contributed by atoms with Gasteiger partial charge in [0, 0.05) is 4.88 Å². The second-order valence-electron chi connectivity index (χ2n) is 5.02. The molecule has 0 bridgehead atoms. The van der Waals surface area contributed by atoms with Gasteiger partial charge in [-0.25, -0.2) is 4.98 Å². The molecule has 0 radical (unpaired) electrons. The van der Waals surface area contributed by atoms with E-state index < -0.39 is 0 Å². The van der Waals surface area contributed by atoms with Gasteiger partial charge >= 0.3 is 0 Å². The zero-order valence-corrected chi connectivity index (χ0v) is 13.2. The predicted molar refractivity (Wildman–Crippen MR) is 83.0 cm³/mol. The second kappa shape index (κ2) is 5.85. The van der Waals surface area contributed by atoms with Gasteiger partial charge in [0.1, 0.15) is 0 Å². The summed E-state index contributed by atoms with van der Waals surface area (Å²) in [5, 5.41) is 4.72. The Morgan fingerprint density at radius 3 is 2.42 bits per heavy atom. The zero-order chi connectivity index (χ0) is 14.0. The van der Waals surface area contributed by atoms with Crippen LogP contribution in [0.4, 0.5) is 0 Å². The van der Waals surface area contributed by atoms with E-state index in [1.807, 2.05) is 0 Å². The fraction of sp³-hybridized carbons (Fsp3) is 0.438. The molecule has 0 saturated carbocycles. The number of thiazole rings is 1. The van der Waals surface area contributed by atoms with Crippen molar-refractivity contribution in [3.63, 3.8) is 0 Å². The predicted octanol–water partition coefficient (Wildman–Crippen LogP) is 4.08. The first-order chi connectivity index (χ1) is 9.02. The molecule has 0 aliphatic heterocycles. The Balaban J connectivity index is 2.44. The number of benzene rings is 1. The third-order valence-electron chi connectivity index (χ3n) is 3.47. The van der Waals surface area contributed by atoms with E-state index in [-0.39, 0.29) is 6.04 Å². The quantitative estimate of drug-likeness (QED) is 0.909. The maximum Gasteiger partial charge on any atom is 0.0900 e. The molecule has 0 spiro atoms. The molecule has 1 aromatic carbocycles. The lowest BCUT2D eigenvalue weighted by atomic mass is 9.99. The van der Waals surface area contributed by atoms with E-state index in [0.29, 0.717) is 0 Å². The highest BCUT2D eigenvalue weighted by molar-refractivity contribution is 7.11. The van der Waals surface area contributed by atoms with Crippen LogP contribution in [0.3, 0.4) is 0 Å². The van der Waals surface area contributed by atoms with E-state index in [2.05, 4.69) is 63.1 Å². The topological polar surface area (TPSA) is 24.9 Å². The maximum atomic E-state index is 4.56. The standard InChI is InChI=1S/C16H22N2S/c1-6-17-15(16-12(4)18-13(5)19-16)14-8-7-10(2)11(3)9-14/h7-9,15,17H,6H2,1-5H3. The molecule has 2 rings (SSSR count). The third kappa shape index (κ3) is 3.04. The molecule has 0 fully saturated rings. The van der Waals surface area contributed by atoms with Crippen molar-refractivity contribution < 1.29 is 0 Å². The largest absolute Gasteiger partial charge is 0.306 e. The number of nitrogens with one attached hydrogen (secondary N) is 1. The Labute approximate surface area is 119 Å². The van der Waals surface area contributed by atoms with E-state index in [4.69, 9.17) is 0 Å². The van der Waals surface area contributed by atoms with Crippen LogP contribution in [-0.2, 0) is 0 Å². The van der Waals surface area contributed by atoms with Crippen LogP contribution in [-0.4, -0.2) is 11.5 Å². The van der Waals surface area contributed by atoms with Crippen molar-refractivity contribution >= 4 is 11.3 Å². The molecule has 1 heterocycles. The van der Waals surface area contributed by atoms with Crippen LogP contribution in [0.15, 0.2) is 18.2 Å². The molecular formula is C16H22N2S. The van der Waals surface area contributed by atoms with Crippen molar-refractivity contribution in [3.05, 3.63) is 50.5 Å². The van der Waals surface area contributed by atoms with Crippen molar-refractivity contribution in [1.29, 1.82) is 0 Å². The molecule has 102 valence electrons. The van der Waals surface area contributed by atoms with Crippen LogP contribution in [0.2, 0.25) is 0 Å². The molecule has 1 N–H and O–H groups in total. The molecule has 2 aromatic rings. The number of aromatic nitrogens is 1. The Morgan fingerprint density at radius 1 is 1.16 bits per heavy atom. The summed E-state index contributed by atoms with van der Waals surface area (Å²) in [4.78, 5) is 5.89. The van der Waals surface area contributed by atoms with Crippen LogP contribution in [0.25, 0.3) is 0 Å². The highest BCUT2D eigenvalue weighted by Crippen LogP contribution is 2.30. The fourth-order valence-corrected chi connectivity index (χ4v) is 3.36. The average molecular weight is 274 g/mol. The first-order valence-corrected chi connectivity index (χ1v) is 7.59. The van der Waals surface area contributed by atoms with Crippen LogP contribution in [0.1, 0.15) is 45.2 Å². The normalized spacial score (nSPS) is 12.7. The first-order valence-electron chi connectivity index (χ1n) is 6.77. The second-order valence-corrected chi connectivity index (χ2v) is 6.25. The van der Waals surface area contributed by atoms with Crippen molar-refractivity contribution in [2.24, 2.45) is 0 Å². The Kier molecular flexibility index (Phi) is 4.38. The minimum Gasteiger partial charge on any atom is -0.306 e. The van der Waals surface area contributed by atoms with E-state index in [1.54, 1.807) is 11.3 Å². The Hall–Kier alpha value is -1.19. The first kappa shape index (κ1) is 14.2. The summed E-state index contributed by atoms with van der Waals surface area (Å²) >= 11 is 1.79.